The van der Waals surface area contributed by atoms with Crippen LogP contribution >= 0.6 is 0 Å². The molecule has 11 saturated carbocycles. The molecule has 11 aliphatic carbocycles. The van der Waals surface area contributed by atoms with Crippen LogP contribution in [0.3, 0.4) is 0 Å². The van der Waals surface area contributed by atoms with Crippen LogP contribution in [0.25, 0.3) is 0 Å². The number of hydrogen-bond acceptors (Lipinski definition) is 13. The largest absolute Gasteiger partial charge is 0.459 e. The van der Waals surface area contributed by atoms with Crippen LogP contribution in [0.1, 0.15) is 310 Å². The van der Waals surface area contributed by atoms with Crippen molar-refractivity contribution < 1.29 is 62.3 Å². The third kappa shape index (κ3) is 18.9. The van der Waals surface area contributed by atoms with Gasteiger partial charge in [0.15, 0.2) is 6.61 Å². The van der Waals surface area contributed by atoms with Crippen molar-refractivity contribution >= 4 is 35.8 Å². The fourth-order valence-corrected chi connectivity index (χ4v) is 15.6. The van der Waals surface area contributed by atoms with Gasteiger partial charge in [-0.2, -0.15) is 0 Å². The average molecular weight is 1210 g/mol. The van der Waals surface area contributed by atoms with E-state index in [9.17, 15) is 33.9 Å². The molecular weight excluding hydrogens is 1070 g/mol. The van der Waals surface area contributed by atoms with Crippen molar-refractivity contribution in [1.82, 2.24) is 0 Å². The fraction of sp³-hybridized carbons (Fsp3) is 0.917. The van der Waals surface area contributed by atoms with Gasteiger partial charge in [0.05, 0.1) is 33.2 Å². The molecule has 0 amide bonds. The zero-order valence-electron chi connectivity index (χ0n) is 50.4. The molecule has 0 aromatic heterocycles. The fourth-order valence-electron chi connectivity index (χ4n) is 15.6. The van der Waals surface area contributed by atoms with Crippen LogP contribution < -0.4 is 0 Å². The number of fused-ring (bicyclic) bond motifs is 1. The Kier molecular flexibility index (Phi) is 31.6. The molecule has 7 unspecified atom stereocenters. The summed E-state index contributed by atoms with van der Waals surface area (Å²) in [7, 11) is 0. The second-order valence-electron chi connectivity index (χ2n) is 29.5. The Labute approximate surface area is 522 Å². The second kappa shape index (κ2) is 32.0. The highest BCUT2D eigenvalue weighted by Crippen LogP contribution is 2.61. The lowest BCUT2D eigenvalue weighted by molar-refractivity contribution is -0.225. The lowest BCUT2D eigenvalue weighted by atomic mass is 9.50. The number of esters is 6. The Hall–Kier alpha value is -3.22. The molecule has 13 aliphatic rings. The van der Waals surface area contributed by atoms with Gasteiger partial charge in [-0.15, -0.1) is 0 Å². The summed E-state index contributed by atoms with van der Waals surface area (Å²) in [4.78, 5) is 72.9. The summed E-state index contributed by atoms with van der Waals surface area (Å²) >= 11 is 0. The second-order valence-corrected chi connectivity index (χ2v) is 29.5. The molecule has 13 nitrogen and oxygen atoms in total. The van der Waals surface area contributed by atoms with Crippen LogP contribution in [0.5, 0.6) is 0 Å². The molecule has 13 fully saturated rings. The Morgan fingerprint density at radius 2 is 0.953 bits per heavy atom. The molecule has 2 aliphatic heterocycles. The maximum Gasteiger partial charge on any atom is 0.344 e. The lowest BCUT2D eigenvalue weighted by Gasteiger charge is -2.59. The van der Waals surface area contributed by atoms with E-state index in [1.54, 1.807) is 13.8 Å². The topological polar surface area (TPSA) is 178 Å². The van der Waals surface area contributed by atoms with Gasteiger partial charge in [0, 0.05) is 12.3 Å². The van der Waals surface area contributed by atoms with E-state index in [0.29, 0.717) is 42.4 Å². The zero-order valence-corrected chi connectivity index (χ0v) is 50.4. The van der Waals surface area contributed by atoms with Gasteiger partial charge in [-0.25, -0.2) is 4.79 Å². The Morgan fingerprint density at radius 1 is 0.529 bits per heavy atom. The van der Waals surface area contributed by atoms with Crippen molar-refractivity contribution in [2.45, 2.75) is 345 Å². The highest BCUT2D eigenvalue weighted by Gasteiger charge is 2.61. The van der Waals surface area contributed by atoms with Crippen LogP contribution in [-0.4, -0.2) is 82.1 Å². The molecule has 0 aromatic rings. The van der Waals surface area contributed by atoms with Gasteiger partial charge in [0.25, 0.3) is 0 Å². The molecule has 502 valence electrons. The average Bonchev–Trinajstić information content (AvgIpc) is 1.47. The van der Waals surface area contributed by atoms with Gasteiger partial charge in [0.2, 0.25) is 0 Å². The Balaban J connectivity index is 0. The highest BCUT2D eigenvalue weighted by molar-refractivity contribution is 5.80. The van der Waals surface area contributed by atoms with Gasteiger partial charge < -0.3 is 33.5 Å². The molecule has 85 heavy (non-hydrogen) atoms. The molecule has 13 rings (SSSR count). The first-order valence-corrected chi connectivity index (χ1v) is 30.9. The van der Waals surface area contributed by atoms with Crippen molar-refractivity contribution in [1.29, 1.82) is 0 Å². The maximum atomic E-state index is 12.5. The lowest BCUT2D eigenvalue weighted by Crippen LogP contribution is -2.61. The minimum absolute atomic E-state index is 0. The highest BCUT2D eigenvalue weighted by atomic mass is 16.6. The molecule has 12 bridgehead atoms. The van der Waals surface area contributed by atoms with E-state index in [4.69, 9.17) is 28.4 Å². The van der Waals surface area contributed by atoms with Crippen molar-refractivity contribution in [3.8, 4) is 0 Å². The smallest absolute Gasteiger partial charge is 0.344 e. The zero-order chi connectivity index (χ0) is 56.7. The Bertz CT molecular complexity index is 2090. The van der Waals surface area contributed by atoms with Crippen molar-refractivity contribution in [3.63, 3.8) is 0 Å². The first-order valence-electron chi connectivity index (χ1n) is 30.9. The molecule has 0 spiro atoms. The van der Waals surface area contributed by atoms with E-state index in [0.717, 1.165) is 102 Å². The van der Waals surface area contributed by atoms with Crippen LogP contribution in [0.4, 0.5) is 0 Å². The minimum Gasteiger partial charge on any atom is -0.459 e. The van der Waals surface area contributed by atoms with Crippen molar-refractivity contribution in [3.05, 3.63) is 0 Å². The van der Waals surface area contributed by atoms with Gasteiger partial charge in [0.1, 0.15) is 29.0 Å². The first-order chi connectivity index (χ1) is 35.9. The van der Waals surface area contributed by atoms with Gasteiger partial charge in [-0.05, 0) is 251 Å². The molecule has 7 atom stereocenters. The maximum absolute atomic E-state index is 12.5. The van der Waals surface area contributed by atoms with Crippen molar-refractivity contribution in [2.75, 3.05) is 6.61 Å². The number of carbonyl (C=O) groups is 6. The first kappa shape index (κ1) is 83.8. The van der Waals surface area contributed by atoms with E-state index in [1.165, 1.54) is 51.4 Å². The molecule has 1 N–H and O–H groups in total. The summed E-state index contributed by atoms with van der Waals surface area (Å²) in [5.74, 6) is 3.62. The third-order valence-electron chi connectivity index (χ3n) is 22.0. The van der Waals surface area contributed by atoms with Crippen molar-refractivity contribution in [2.24, 2.45) is 74.9 Å². The van der Waals surface area contributed by atoms with E-state index in [2.05, 4.69) is 20.8 Å². The van der Waals surface area contributed by atoms with E-state index >= 15 is 0 Å². The molecule has 2 saturated heterocycles. The summed E-state index contributed by atoms with van der Waals surface area (Å²) in [6, 6.07) is 0. The summed E-state index contributed by atoms with van der Waals surface area (Å²) in [6.45, 7) is 27.4. The van der Waals surface area contributed by atoms with Crippen LogP contribution in [0, 0.1) is 74.9 Å². The number of hydrogen-bond donors (Lipinski definition) is 1. The normalized spacial score (nSPS) is 33.2. The van der Waals surface area contributed by atoms with Crippen LogP contribution in [0.2, 0.25) is 0 Å². The van der Waals surface area contributed by atoms with E-state index < -0.39 is 34.5 Å². The molecule has 13 heteroatoms. The van der Waals surface area contributed by atoms with Crippen LogP contribution in [-0.2, 0) is 57.2 Å². The predicted octanol–water partition coefficient (Wildman–Crippen LogP) is 18.2. The molecule has 0 aromatic carbocycles. The molecule has 0 radical (unpaired) electrons. The SMILES string of the molecule is C.C.C.C.C.C.C.C.CCC(C)(C)C(=O)OC1(C)C2CC3CC(C2)CC1C3.CCC(C)(C)C(=O)OC12CC3CC(CC(O)(C3)C1)C2.CCC(C)(C)C(=O)OCC(=O)OC1C2CC3CC(C2)C(=O)OC1C3.CCC1(OC(=O)C(C)(C)CC)CCCC1. The number of carbonyl (C=O) groups excluding carboxylic acids is 6. The predicted molar refractivity (Wildman–Crippen MR) is 347 cm³/mol. The van der Waals surface area contributed by atoms with Gasteiger partial charge in [-0.3, -0.25) is 24.0 Å². The summed E-state index contributed by atoms with van der Waals surface area (Å²) < 4.78 is 34.0. The van der Waals surface area contributed by atoms with Gasteiger partial charge in [-0.1, -0.05) is 94.0 Å². The molecule has 2 heterocycles. The summed E-state index contributed by atoms with van der Waals surface area (Å²) in [5.41, 5.74) is -2.91. The van der Waals surface area contributed by atoms with E-state index in [1.807, 2.05) is 62.3 Å². The van der Waals surface area contributed by atoms with Crippen LogP contribution in [0.15, 0.2) is 0 Å². The quantitative estimate of drug-likeness (QED) is 0.121. The summed E-state index contributed by atoms with van der Waals surface area (Å²) in [6.07, 6.45) is 23.5. The third-order valence-corrected chi connectivity index (χ3v) is 22.0. The number of aliphatic hydroxyl groups is 1. The monoisotopic (exact) mass is 1210 g/mol. The van der Waals surface area contributed by atoms with E-state index in [-0.39, 0.29) is 135 Å². The summed E-state index contributed by atoms with van der Waals surface area (Å²) in [5, 5.41) is 10.6. The number of rotatable bonds is 15. The minimum atomic E-state index is -0.615. The molecular formula is C72H136O13. The standard InChI is InChI=1S/C18H26O6.C17H28O2.C16H26O3.C13H24O2.8CH4/c1-4-18(2,3)17(21)22-9-14(19)24-15-11-5-10-6-12(8-11)16(20)23-13(15)7-10;1-5-16(2,3)15(18)19-17(4)13-7-11-6-12(9-13)10-14(17)8-11;1-4-14(2,3)13(17)19-16-8-11-5-12(9-16)7-15(18,6-11)10-16;1-5-12(3,4)11(14)15-13(6-2)9-7-8-10-13;;;;;;;;/h10-13,15H,4-9H2,1-3H3;11-14H,5-10H2,1-4H3;11-12,18H,4-10H2,1-3H3;5-10H2,1-4H3;8*1H4. The Morgan fingerprint density at radius 3 is 1.40 bits per heavy atom. The number of ether oxygens (including phenoxy) is 6. The van der Waals surface area contributed by atoms with Gasteiger partial charge >= 0.3 is 35.8 Å².